The Labute approximate surface area is 103 Å². The molecule has 0 aromatic heterocycles. The Bertz CT molecular complexity index is 510. The van der Waals surface area contributed by atoms with Crippen LogP contribution in [0.3, 0.4) is 0 Å². The maximum atomic E-state index is 11.6. The highest BCUT2D eigenvalue weighted by Crippen LogP contribution is 2.34. The van der Waals surface area contributed by atoms with Crippen molar-refractivity contribution in [3.8, 4) is 0 Å². The summed E-state index contributed by atoms with van der Waals surface area (Å²) in [6, 6.07) is 8.22. The van der Waals surface area contributed by atoms with Crippen molar-refractivity contribution >= 4 is 9.84 Å². The number of sulfone groups is 1. The van der Waals surface area contributed by atoms with Gasteiger partial charge in [-0.1, -0.05) is 29.8 Å². The van der Waals surface area contributed by atoms with Crippen LogP contribution in [0.5, 0.6) is 0 Å². The predicted octanol–water partition coefficient (Wildman–Crippen LogP) is 1.30. The van der Waals surface area contributed by atoms with Crippen LogP contribution in [0.1, 0.15) is 17.5 Å². The number of hydrogen-bond acceptors (Lipinski definition) is 3. The van der Waals surface area contributed by atoms with E-state index >= 15 is 0 Å². The molecule has 1 saturated heterocycles. The van der Waals surface area contributed by atoms with Crippen LogP contribution in [0.4, 0.5) is 0 Å². The maximum absolute atomic E-state index is 11.6. The quantitative estimate of drug-likeness (QED) is 0.883. The molecular weight excluding hydrogens is 234 g/mol. The lowest BCUT2D eigenvalue weighted by Crippen LogP contribution is -2.34. The highest BCUT2D eigenvalue weighted by atomic mass is 32.2. The number of rotatable bonds is 3. The molecule has 1 aliphatic rings. The number of hydrogen-bond donors (Lipinski definition) is 1. The van der Waals surface area contributed by atoms with Crippen molar-refractivity contribution in [1.82, 2.24) is 0 Å². The Morgan fingerprint density at radius 3 is 2.71 bits per heavy atom. The van der Waals surface area contributed by atoms with E-state index in [2.05, 4.69) is 12.1 Å². The van der Waals surface area contributed by atoms with E-state index < -0.39 is 9.84 Å². The lowest BCUT2D eigenvalue weighted by molar-refractivity contribution is 0.344. The smallest absolute Gasteiger partial charge is 0.150 e. The Morgan fingerprint density at radius 1 is 1.41 bits per heavy atom. The van der Waals surface area contributed by atoms with Gasteiger partial charge in [0.05, 0.1) is 11.5 Å². The van der Waals surface area contributed by atoms with Gasteiger partial charge >= 0.3 is 0 Å². The first kappa shape index (κ1) is 12.6. The summed E-state index contributed by atoms with van der Waals surface area (Å²) in [7, 11) is -2.88. The van der Waals surface area contributed by atoms with E-state index in [0.717, 1.165) is 6.42 Å². The normalized spacial score (nSPS) is 27.2. The molecule has 1 aromatic carbocycles. The van der Waals surface area contributed by atoms with Crippen molar-refractivity contribution in [3.63, 3.8) is 0 Å². The van der Waals surface area contributed by atoms with Crippen molar-refractivity contribution in [3.05, 3.63) is 35.4 Å². The van der Waals surface area contributed by atoms with Gasteiger partial charge in [0, 0.05) is 5.41 Å². The van der Waals surface area contributed by atoms with Gasteiger partial charge in [-0.3, -0.25) is 0 Å². The fraction of sp³-hybridized carbons (Fsp3) is 0.538. The minimum atomic E-state index is -2.88. The molecule has 0 bridgehead atoms. The van der Waals surface area contributed by atoms with Crippen molar-refractivity contribution in [2.45, 2.75) is 19.8 Å². The van der Waals surface area contributed by atoms with Crippen LogP contribution < -0.4 is 5.73 Å². The van der Waals surface area contributed by atoms with E-state index in [9.17, 15) is 8.42 Å². The van der Waals surface area contributed by atoms with Crippen LogP contribution in [0.25, 0.3) is 0 Å². The van der Waals surface area contributed by atoms with Crippen molar-refractivity contribution in [2.75, 3.05) is 18.1 Å². The van der Waals surface area contributed by atoms with Gasteiger partial charge < -0.3 is 5.73 Å². The van der Waals surface area contributed by atoms with Gasteiger partial charge in [-0.15, -0.1) is 0 Å². The van der Waals surface area contributed by atoms with Gasteiger partial charge in [0.2, 0.25) is 0 Å². The monoisotopic (exact) mass is 253 g/mol. The largest absolute Gasteiger partial charge is 0.330 e. The summed E-state index contributed by atoms with van der Waals surface area (Å²) < 4.78 is 23.2. The molecule has 1 atom stereocenters. The van der Waals surface area contributed by atoms with Crippen LogP contribution in [0, 0.1) is 12.3 Å². The third-order valence-electron chi connectivity index (χ3n) is 3.56. The van der Waals surface area contributed by atoms with Crippen LogP contribution in [-0.4, -0.2) is 26.5 Å². The van der Waals surface area contributed by atoms with Gasteiger partial charge in [-0.2, -0.15) is 0 Å². The average Bonchev–Trinajstić information content (AvgIpc) is 2.55. The molecule has 0 radical (unpaired) electrons. The molecular formula is C13H19NO2S. The lowest BCUT2D eigenvalue weighted by atomic mass is 9.81. The molecule has 0 aliphatic carbocycles. The number of nitrogens with two attached hydrogens (primary N) is 1. The zero-order chi connectivity index (χ0) is 12.5. The van der Waals surface area contributed by atoms with E-state index in [1.807, 2.05) is 19.1 Å². The van der Waals surface area contributed by atoms with E-state index in [0.29, 0.717) is 13.0 Å². The summed E-state index contributed by atoms with van der Waals surface area (Å²) in [5.74, 6) is 0.528. The van der Waals surface area contributed by atoms with Gasteiger partial charge in [0.1, 0.15) is 0 Å². The van der Waals surface area contributed by atoms with Crippen molar-refractivity contribution < 1.29 is 8.42 Å². The Morgan fingerprint density at radius 2 is 2.18 bits per heavy atom. The minimum absolute atomic E-state index is 0.241. The fourth-order valence-electron chi connectivity index (χ4n) is 2.61. The minimum Gasteiger partial charge on any atom is -0.330 e. The fourth-order valence-corrected chi connectivity index (χ4v) is 4.80. The van der Waals surface area contributed by atoms with E-state index in [1.54, 1.807) is 0 Å². The van der Waals surface area contributed by atoms with Crippen LogP contribution in [0.15, 0.2) is 24.3 Å². The molecule has 1 unspecified atom stereocenters. The van der Waals surface area contributed by atoms with Crippen LogP contribution >= 0.6 is 0 Å². The third-order valence-corrected chi connectivity index (χ3v) is 5.44. The number of benzene rings is 1. The van der Waals surface area contributed by atoms with Gasteiger partial charge in [-0.05, 0) is 31.9 Å². The molecule has 0 spiro atoms. The summed E-state index contributed by atoms with van der Waals surface area (Å²) in [6.45, 7) is 2.49. The average molecular weight is 253 g/mol. The molecule has 0 saturated carbocycles. The zero-order valence-electron chi connectivity index (χ0n) is 10.1. The van der Waals surface area contributed by atoms with Crippen LogP contribution in [-0.2, 0) is 16.3 Å². The molecule has 1 aliphatic heterocycles. The summed E-state index contributed by atoms with van der Waals surface area (Å²) >= 11 is 0. The van der Waals surface area contributed by atoms with Gasteiger partial charge in [-0.25, -0.2) is 8.42 Å². The molecule has 4 heteroatoms. The SMILES string of the molecule is Cc1cccc(CC2(CN)CCS(=O)(=O)C2)c1. The highest BCUT2D eigenvalue weighted by molar-refractivity contribution is 7.91. The summed E-state index contributed by atoms with van der Waals surface area (Å²) in [6.07, 6.45) is 1.46. The predicted molar refractivity (Wildman–Crippen MR) is 69.6 cm³/mol. The first-order chi connectivity index (χ1) is 7.95. The highest BCUT2D eigenvalue weighted by Gasteiger charge is 2.41. The molecule has 0 amide bonds. The van der Waals surface area contributed by atoms with E-state index in [1.165, 1.54) is 11.1 Å². The van der Waals surface area contributed by atoms with Gasteiger partial charge in [0.15, 0.2) is 9.84 Å². The standard InChI is InChI=1S/C13H19NO2S/c1-11-3-2-4-12(7-11)8-13(9-14)5-6-17(15,16)10-13/h2-4,7H,5-6,8-10,14H2,1H3. The molecule has 1 fully saturated rings. The molecule has 1 aromatic rings. The first-order valence-electron chi connectivity index (χ1n) is 5.91. The summed E-state index contributed by atoms with van der Waals surface area (Å²) in [5.41, 5.74) is 7.96. The third kappa shape index (κ3) is 2.87. The molecule has 1 heterocycles. The van der Waals surface area contributed by atoms with Crippen molar-refractivity contribution in [1.29, 1.82) is 0 Å². The van der Waals surface area contributed by atoms with Gasteiger partial charge in [0.25, 0.3) is 0 Å². The lowest BCUT2D eigenvalue weighted by Gasteiger charge is -2.25. The number of aryl methyl sites for hydroxylation is 1. The summed E-state index contributed by atoms with van der Waals surface area (Å²) in [4.78, 5) is 0. The molecule has 17 heavy (non-hydrogen) atoms. The molecule has 3 nitrogen and oxygen atoms in total. The zero-order valence-corrected chi connectivity index (χ0v) is 11.0. The van der Waals surface area contributed by atoms with Crippen molar-refractivity contribution in [2.24, 2.45) is 11.1 Å². The van der Waals surface area contributed by atoms with E-state index in [-0.39, 0.29) is 16.9 Å². The van der Waals surface area contributed by atoms with Crippen LogP contribution in [0.2, 0.25) is 0 Å². The second-order valence-corrected chi connectivity index (χ2v) is 7.40. The Kier molecular flexibility index (Phi) is 3.27. The first-order valence-corrected chi connectivity index (χ1v) is 7.73. The molecule has 2 rings (SSSR count). The molecule has 94 valence electrons. The van der Waals surface area contributed by atoms with E-state index in [4.69, 9.17) is 5.73 Å². The second-order valence-electron chi connectivity index (χ2n) is 5.21. The molecule has 2 N–H and O–H groups in total. The maximum Gasteiger partial charge on any atom is 0.150 e. The topological polar surface area (TPSA) is 60.2 Å². The Balaban J connectivity index is 2.22. The second kappa shape index (κ2) is 4.42. The Hall–Kier alpha value is -0.870. The summed E-state index contributed by atoms with van der Waals surface area (Å²) in [5, 5.41) is 0.